The van der Waals surface area contributed by atoms with Crippen molar-refractivity contribution >= 4 is 5.82 Å². The highest BCUT2D eigenvalue weighted by atomic mass is 16.6. The second-order valence-corrected chi connectivity index (χ2v) is 6.11. The van der Waals surface area contributed by atoms with Crippen LogP contribution in [0.3, 0.4) is 0 Å². The Balaban J connectivity index is 1.33. The van der Waals surface area contributed by atoms with Crippen LogP contribution in [0.4, 0.5) is 5.82 Å². The van der Waals surface area contributed by atoms with Gasteiger partial charge in [0.05, 0.1) is 5.69 Å². The fraction of sp³-hybridized carbons (Fsp3) is 0.444. The largest absolute Gasteiger partial charge is 0.486 e. The molecule has 2 aliphatic heterocycles. The Hall–Kier alpha value is -2.30. The van der Waals surface area contributed by atoms with Gasteiger partial charge < -0.3 is 14.4 Å². The number of benzene rings is 1. The zero-order valence-electron chi connectivity index (χ0n) is 13.1. The molecular formula is C18H21N3O2. The van der Waals surface area contributed by atoms with Gasteiger partial charge in [-0.2, -0.15) is 5.10 Å². The van der Waals surface area contributed by atoms with Crippen molar-refractivity contribution < 1.29 is 9.47 Å². The fourth-order valence-corrected chi connectivity index (χ4v) is 3.12. The number of nitrogens with zero attached hydrogens (tertiary/aromatic N) is 3. The summed E-state index contributed by atoms with van der Waals surface area (Å²) in [5, 5.41) is 8.73. The number of rotatable bonds is 4. The summed E-state index contributed by atoms with van der Waals surface area (Å²) in [5.74, 6) is 2.66. The van der Waals surface area contributed by atoms with Crippen molar-refractivity contribution in [2.45, 2.75) is 31.8 Å². The Morgan fingerprint density at radius 1 is 1.00 bits per heavy atom. The van der Waals surface area contributed by atoms with Crippen molar-refractivity contribution in [3.63, 3.8) is 0 Å². The number of hydrogen-bond donors (Lipinski definition) is 0. The summed E-state index contributed by atoms with van der Waals surface area (Å²) in [7, 11) is 0. The molecule has 0 spiro atoms. The molecule has 1 fully saturated rings. The molecule has 120 valence electrons. The molecule has 5 nitrogen and oxygen atoms in total. The molecule has 0 amide bonds. The minimum Gasteiger partial charge on any atom is -0.486 e. The van der Waals surface area contributed by atoms with Crippen molar-refractivity contribution in [1.82, 2.24) is 10.2 Å². The normalized spacial score (nSPS) is 19.8. The minimum atomic E-state index is 0.0740. The first kappa shape index (κ1) is 14.3. The van der Waals surface area contributed by atoms with E-state index >= 15 is 0 Å². The van der Waals surface area contributed by atoms with Crippen LogP contribution in [0.25, 0.3) is 0 Å². The number of aryl methyl sites for hydroxylation is 1. The first-order valence-corrected chi connectivity index (χ1v) is 8.34. The maximum atomic E-state index is 5.98. The van der Waals surface area contributed by atoms with Gasteiger partial charge in [-0.15, -0.1) is 5.10 Å². The van der Waals surface area contributed by atoms with E-state index in [1.165, 1.54) is 12.8 Å². The van der Waals surface area contributed by atoms with Crippen LogP contribution in [0, 0.1) is 0 Å². The van der Waals surface area contributed by atoms with Crippen molar-refractivity contribution in [2.24, 2.45) is 0 Å². The number of aromatic nitrogens is 2. The molecule has 4 rings (SSSR count). The maximum absolute atomic E-state index is 5.98. The van der Waals surface area contributed by atoms with E-state index in [9.17, 15) is 0 Å². The molecule has 23 heavy (non-hydrogen) atoms. The SMILES string of the molecule is c1ccc2c(c1)OC[C@H](CCc1ccc(N3CCCC3)nn1)O2. The standard InChI is InChI=1S/C18H21N3O2/c1-2-6-17-16(5-1)22-13-15(23-17)9-7-14-8-10-18(20-19-14)21-11-3-4-12-21/h1-2,5-6,8,10,15H,3-4,7,9,11-13H2/t15-/m0/s1. The third-order valence-corrected chi connectivity index (χ3v) is 4.43. The Morgan fingerprint density at radius 3 is 2.61 bits per heavy atom. The lowest BCUT2D eigenvalue weighted by atomic mass is 10.1. The Labute approximate surface area is 136 Å². The van der Waals surface area contributed by atoms with Gasteiger partial charge in [0.2, 0.25) is 0 Å². The smallest absolute Gasteiger partial charge is 0.161 e. The van der Waals surface area contributed by atoms with Gasteiger partial charge in [0, 0.05) is 13.1 Å². The molecular weight excluding hydrogens is 290 g/mol. The lowest BCUT2D eigenvalue weighted by Gasteiger charge is -2.26. The third-order valence-electron chi connectivity index (χ3n) is 4.43. The van der Waals surface area contributed by atoms with E-state index in [4.69, 9.17) is 9.47 Å². The van der Waals surface area contributed by atoms with E-state index in [2.05, 4.69) is 27.2 Å². The number of ether oxygens (including phenoxy) is 2. The van der Waals surface area contributed by atoms with Crippen LogP contribution in [-0.2, 0) is 6.42 Å². The summed E-state index contributed by atoms with van der Waals surface area (Å²) in [5.41, 5.74) is 1.01. The molecule has 5 heteroatoms. The average molecular weight is 311 g/mol. The van der Waals surface area contributed by atoms with E-state index in [1.807, 2.05) is 24.3 Å². The predicted molar refractivity (Wildman–Crippen MR) is 88.2 cm³/mol. The van der Waals surface area contributed by atoms with Gasteiger partial charge >= 0.3 is 0 Å². The summed E-state index contributed by atoms with van der Waals surface area (Å²) in [6.45, 7) is 2.79. The minimum absolute atomic E-state index is 0.0740. The van der Waals surface area contributed by atoms with Crippen LogP contribution in [0.2, 0.25) is 0 Å². The quantitative estimate of drug-likeness (QED) is 0.869. The second-order valence-electron chi connectivity index (χ2n) is 6.11. The van der Waals surface area contributed by atoms with Crippen LogP contribution in [0.15, 0.2) is 36.4 Å². The fourth-order valence-electron chi connectivity index (χ4n) is 3.12. The molecule has 0 N–H and O–H groups in total. The lowest BCUT2D eigenvalue weighted by Crippen LogP contribution is -2.29. The van der Waals surface area contributed by atoms with Crippen molar-refractivity contribution in [3.05, 3.63) is 42.1 Å². The van der Waals surface area contributed by atoms with Gasteiger partial charge in [0.25, 0.3) is 0 Å². The Kier molecular flexibility index (Phi) is 4.01. The molecule has 3 heterocycles. The van der Waals surface area contributed by atoms with Crippen LogP contribution in [0.1, 0.15) is 25.0 Å². The predicted octanol–water partition coefficient (Wildman–Crippen LogP) is 2.85. The second kappa shape index (κ2) is 6.44. The highest BCUT2D eigenvalue weighted by Crippen LogP contribution is 2.31. The highest BCUT2D eigenvalue weighted by Gasteiger charge is 2.20. The van der Waals surface area contributed by atoms with Gasteiger partial charge in [-0.3, -0.25) is 0 Å². The Bertz CT molecular complexity index is 654. The number of anilines is 1. The molecule has 0 radical (unpaired) electrons. The van der Waals surface area contributed by atoms with E-state index in [0.29, 0.717) is 6.61 Å². The van der Waals surface area contributed by atoms with E-state index < -0.39 is 0 Å². The van der Waals surface area contributed by atoms with Gasteiger partial charge in [-0.05, 0) is 49.9 Å². The van der Waals surface area contributed by atoms with Gasteiger partial charge in [-0.25, -0.2) is 0 Å². The molecule has 1 aromatic carbocycles. The van der Waals surface area contributed by atoms with E-state index in [-0.39, 0.29) is 6.10 Å². The zero-order valence-corrected chi connectivity index (χ0v) is 13.1. The third kappa shape index (κ3) is 3.23. The molecule has 0 bridgehead atoms. The first-order valence-electron chi connectivity index (χ1n) is 8.34. The zero-order chi connectivity index (χ0) is 15.5. The number of fused-ring (bicyclic) bond motifs is 1. The summed E-state index contributed by atoms with van der Waals surface area (Å²) in [4.78, 5) is 2.30. The van der Waals surface area contributed by atoms with Gasteiger partial charge in [0.1, 0.15) is 12.7 Å². The van der Waals surface area contributed by atoms with E-state index in [1.54, 1.807) is 0 Å². The molecule has 1 atom stereocenters. The van der Waals surface area contributed by atoms with Gasteiger partial charge in [0.15, 0.2) is 17.3 Å². The first-order chi connectivity index (χ1) is 11.4. The Morgan fingerprint density at radius 2 is 1.83 bits per heavy atom. The molecule has 0 saturated carbocycles. The molecule has 2 aliphatic rings. The van der Waals surface area contributed by atoms with Crippen LogP contribution in [-0.4, -0.2) is 36.0 Å². The summed E-state index contributed by atoms with van der Waals surface area (Å²) in [6.07, 6.45) is 4.31. The van der Waals surface area contributed by atoms with Crippen molar-refractivity contribution in [2.75, 3.05) is 24.6 Å². The molecule has 1 saturated heterocycles. The number of para-hydroxylation sites is 2. The van der Waals surface area contributed by atoms with Crippen molar-refractivity contribution in [3.8, 4) is 11.5 Å². The monoisotopic (exact) mass is 311 g/mol. The van der Waals surface area contributed by atoms with Crippen LogP contribution >= 0.6 is 0 Å². The average Bonchev–Trinajstić information content (AvgIpc) is 3.15. The molecule has 1 aromatic heterocycles. The maximum Gasteiger partial charge on any atom is 0.161 e. The topological polar surface area (TPSA) is 47.5 Å². The number of hydrogen-bond acceptors (Lipinski definition) is 5. The molecule has 0 unspecified atom stereocenters. The van der Waals surface area contributed by atoms with Crippen molar-refractivity contribution in [1.29, 1.82) is 0 Å². The van der Waals surface area contributed by atoms with E-state index in [0.717, 1.165) is 48.9 Å². The highest BCUT2D eigenvalue weighted by molar-refractivity contribution is 5.41. The van der Waals surface area contributed by atoms with Gasteiger partial charge in [-0.1, -0.05) is 12.1 Å². The molecule has 0 aliphatic carbocycles. The summed E-state index contributed by atoms with van der Waals surface area (Å²) in [6, 6.07) is 12.0. The molecule has 2 aromatic rings. The summed E-state index contributed by atoms with van der Waals surface area (Å²) >= 11 is 0. The lowest BCUT2D eigenvalue weighted by molar-refractivity contribution is 0.0849. The van der Waals surface area contributed by atoms with Crippen LogP contribution in [0.5, 0.6) is 11.5 Å². The summed E-state index contributed by atoms with van der Waals surface area (Å²) < 4.78 is 11.7. The van der Waals surface area contributed by atoms with Crippen LogP contribution < -0.4 is 14.4 Å².